The molecule has 0 aliphatic rings. The molecule has 0 aromatic heterocycles. The van der Waals surface area contributed by atoms with E-state index in [1.165, 1.54) is 7.11 Å². The lowest BCUT2D eigenvalue weighted by Gasteiger charge is -2.10. The number of esters is 1. The Labute approximate surface area is 71.5 Å². The van der Waals surface area contributed by atoms with E-state index in [1.807, 2.05) is 0 Å². The summed E-state index contributed by atoms with van der Waals surface area (Å²) < 4.78 is 4.38. The van der Waals surface area contributed by atoms with Gasteiger partial charge in [0.05, 0.1) is 19.7 Å². The molecule has 0 saturated carbocycles. The SMILES string of the molecule is CNC(=O)C(C)NCC(=O)OC. The highest BCUT2D eigenvalue weighted by molar-refractivity contribution is 5.81. The Hall–Kier alpha value is -1.10. The third-order valence-electron chi connectivity index (χ3n) is 1.42. The van der Waals surface area contributed by atoms with Gasteiger partial charge in [-0.2, -0.15) is 0 Å². The van der Waals surface area contributed by atoms with Gasteiger partial charge in [0.1, 0.15) is 0 Å². The summed E-state index contributed by atoms with van der Waals surface area (Å²) >= 11 is 0. The van der Waals surface area contributed by atoms with Crippen molar-refractivity contribution < 1.29 is 14.3 Å². The number of nitrogens with one attached hydrogen (secondary N) is 2. The first-order chi connectivity index (χ1) is 5.61. The number of methoxy groups -OCH3 is 1. The fourth-order valence-corrected chi connectivity index (χ4v) is 0.618. The van der Waals surface area contributed by atoms with Crippen LogP contribution in [0.5, 0.6) is 0 Å². The van der Waals surface area contributed by atoms with Crippen molar-refractivity contribution >= 4 is 11.9 Å². The van der Waals surface area contributed by atoms with E-state index in [4.69, 9.17) is 0 Å². The van der Waals surface area contributed by atoms with Crippen molar-refractivity contribution in [3.05, 3.63) is 0 Å². The van der Waals surface area contributed by atoms with Gasteiger partial charge in [-0.15, -0.1) is 0 Å². The first kappa shape index (κ1) is 10.9. The first-order valence-electron chi connectivity index (χ1n) is 3.63. The number of hydrogen-bond acceptors (Lipinski definition) is 4. The Morgan fingerprint density at radius 3 is 2.50 bits per heavy atom. The summed E-state index contributed by atoms with van der Waals surface area (Å²) in [6, 6.07) is -0.380. The Morgan fingerprint density at radius 2 is 2.08 bits per heavy atom. The van der Waals surface area contributed by atoms with E-state index >= 15 is 0 Å². The zero-order valence-corrected chi connectivity index (χ0v) is 7.51. The molecular weight excluding hydrogens is 160 g/mol. The number of rotatable bonds is 4. The van der Waals surface area contributed by atoms with Crippen LogP contribution < -0.4 is 10.6 Å². The highest BCUT2D eigenvalue weighted by Gasteiger charge is 2.11. The number of likely N-dealkylation sites (N-methyl/N-ethyl adjacent to an activating group) is 1. The number of amides is 1. The van der Waals surface area contributed by atoms with Gasteiger partial charge in [-0.1, -0.05) is 0 Å². The van der Waals surface area contributed by atoms with Gasteiger partial charge in [0.15, 0.2) is 0 Å². The van der Waals surface area contributed by atoms with Crippen LogP contribution in [0.15, 0.2) is 0 Å². The maximum absolute atomic E-state index is 10.9. The molecule has 0 fully saturated rings. The molecule has 0 aliphatic carbocycles. The molecular formula is C7H14N2O3. The highest BCUT2D eigenvalue weighted by atomic mass is 16.5. The second-order valence-electron chi connectivity index (χ2n) is 2.29. The van der Waals surface area contributed by atoms with Gasteiger partial charge in [0, 0.05) is 7.05 Å². The molecule has 0 saturated heterocycles. The number of ether oxygens (including phenoxy) is 1. The van der Waals surface area contributed by atoms with Crippen molar-refractivity contribution in [2.24, 2.45) is 0 Å². The molecule has 70 valence electrons. The van der Waals surface area contributed by atoms with Crippen molar-refractivity contribution in [3.8, 4) is 0 Å². The lowest BCUT2D eigenvalue weighted by atomic mass is 10.3. The van der Waals surface area contributed by atoms with Gasteiger partial charge in [-0.3, -0.25) is 14.9 Å². The van der Waals surface area contributed by atoms with Gasteiger partial charge < -0.3 is 10.1 Å². The van der Waals surface area contributed by atoms with Crippen molar-refractivity contribution in [1.82, 2.24) is 10.6 Å². The molecule has 0 aromatic rings. The average Bonchev–Trinajstić information content (AvgIpc) is 2.11. The van der Waals surface area contributed by atoms with Crippen LogP contribution in [-0.2, 0) is 14.3 Å². The van der Waals surface area contributed by atoms with E-state index in [0.29, 0.717) is 0 Å². The Kier molecular flexibility index (Phi) is 5.03. The highest BCUT2D eigenvalue weighted by Crippen LogP contribution is 1.80. The predicted octanol–water partition coefficient (Wildman–Crippen LogP) is -1.12. The largest absolute Gasteiger partial charge is 0.468 e. The molecule has 0 spiro atoms. The van der Waals surface area contributed by atoms with Crippen molar-refractivity contribution in [2.45, 2.75) is 13.0 Å². The molecule has 1 unspecified atom stereocenters. The topological polar surface area (TPSA) is 67.4 Å². The third-order valence-corrected chi connectivity index (χ3v) is 1.42. The molecule has 5 nitrogen and oxygen atoms in total. The first-order valence-corrected chi connectivity index (χ1v) is 3.63. The summed E-state index contributed by atoms with van der Waals surface area (Å²) in [6.45, 7) is 1.72. The minimum atomic E-state index is -0.384. The number of carbonyl (C=O) groups excluding carboxylic acids is 2. The zero-order valence-electron chi connectivity index (χ0n) is 7.51. The Bertz CT molecular complexity index is 170. The van der Waals surface area contributed by atoms with Crippen molar-refractivity contribution in [2.75, 3.05) is 20.7 Å². The fraction of sp³-hybridized carbons (Fsp3) is 0.714. The van der Waals surface area contributed by atoms with Crippen molar-refractivity contribution in [1.29, 1.82) is 0 Å². The van der Waals surface area contributed by atoms with Crippen LogP contribution >= 0.6 is 0 Å². The molecule has 0 aromatic carbocycles. The monoisotopic (exact) mass is 174 g/mol. The van der Waals surface area contributed by atoms with Crippen LogP contribution in [0.2, 0.25) is 0 Å². The van der Waals surface area contributed by atoms with Gasteiger partial charge in [-0.25, -0.2) is 0 Å². The number of carbonyl (C=O) groups is 2. The molecule has 0 radical (unpaired) electrons. The van der Waals surface area contributed by atoms with Crippen LogP contribution in [0.3, 0.4) is 0 Å². The number of hydrogen-bond donors (Lipinski definition) is 2. The summed E-state index contributed by atoms with van der Waals surface area (Å²) in [7, 11) is 2.84. The molecule has 2 N–H and O–H groups in total. The van der Waals surface area contributed by atoms with E-state index in [9.17, 15) is 9.59 Å². The minimum Gasteiger partial charge on any atom is -0.468 e. The summed E-state index contributed by atoms with van der Waals surface area (Å²) in [4.78, 5) is 21.5. The normalized spacial score (nSPS) is 11.9. The molecule has 0 heterocycles. The standard InChI is InChI=1S/C7H14N2O3/c1-5(7(11)8-2)9-4-6(10)12-3/h5,9H,4H2,1-3H3,(H,8,11). The quantitative estimate of drug-likeness (QED) is 0.530. The summed E-state index contributed by atoms with van der Waals surface area (Å²) in [5.74, 6) is -0.537. The maximum Gasteiger partial charge on any atom is 0.319 e. The zero-order chi connectivity index (χ0) is 9.56. The van der Waals surface area contributed by atoms with Gasteiger partial charge >= 0.3 is 5.97 Å². The van der Waals surface area contributed by atoms with Gasteiger partial charge in [-0.05, 0) is 6.92 Å². The second-order valence-corrected chi connectivity index (χ2v) is 2.29. The molecule has 12 heavy (non-hydrogen) atoms. The summed E-state index contributed by atoms with van der Waals surface area (Å²) in [5.41, 5.74) is 0. The van der Waals surface area contributed by atoms with Gasteiger partial charge in [0.2, 0.25) is 5.91 Å². The third kappa shape index (κ3) is 3.92. The molecule has 5 heteroatoms. The second kappa shape index (κ2) is 5.54. The molecule has 1 amide bonds. The van der Waals surface area contributed by atoms with E-state index in [-0.39, 0.29) is 24.5 Å². The predicted molar refractivity (Wildman–Crippen MR) is 43.5 cm³/mol. The minimum absolute atomic E-state index is 0.0467. The van der Waals surface area contributed by atoms with Gasteiger partial charge in [0.25, 0.3) is 0 Å². The van der Waals surface area contributed by atoms with Crippen LogP contribution in [0.25, 0.3) is 0 Å². The van der Waals surface area contributed by atoms with Crippen LogP contribution in [0, 0.1) is 0 Å². The molecule has 0 bridgehead atoms. The Balaban J connectivity index is 3.63. The lowest BCUT2D eigenvalue weighted by Crippen LogP contribution is -2.42. The molecule has 0 aliphatic heterocycles. The van der Waals surface area contributed by atoms with E-state index in [0.717, 1.165) is 0 Å². The van der Waals surface area contributed by atoms with E-state index in [2.05, 4.69) is 15.4 Å². The van der Waals surface area contributed by atoms with Crippen molar-refractivity contribution in [3.63, 3.8) is 0 Å². The molecule has 0 rings (SSSR count). The summed E-state index contributed by atoms with van der Waals surface area (Å²) in [6.07, 6.45) is 0. The van der Waals surface area contributed by atoms with E-state index < -0.39 is 0 Å². The van der Waals surface area contributed by atoms with Crippen LogP contribution in [0.1, 0.15) is 6.92 Å². The lowest BCUT2D eigenvalue weighted by molar-refractivity contribution is -0.139. The molecule has 1 atom stereocenters. The Morgan fingerprint density at radius 1 is 1.50 bits per heavy atom. The van der Waals surface area contributed by atoms with Crippen LogP contribution in [-0.4, -0.2) is 38.6 Å². The average molecular weight is 174 g/mol. The smallest absolute Gasteiger partial charge is 0.319 e. The summed E-state index contributed by atoms with van der Waals surface area (Å²) in [5, 5.41) is 5.15. The van der Waals surface area contributed by atoms with E-state index in [1.54, 1.807) is 14.0 Å². The van der Waals surface area contributed by atoms with Crippen LogP contribution in [0.4, 0.5) is 0 Å². The maximum atomic E-state index is 10.9. The fourth-order valence-electron chi connectivity index (χ4n) is 0.618.